The van der Waals surface area contributed by atoms with Gasteiger partial charge in [0.05, 0.1) is 6.42 Å². The van der Waals surface area contributed by atoms with Crippen LogP contribution in [0, 0.1) is 5.92 Å². The second-order valence-electron chi connectivity index (χ2n) is 4.99. The lowest BCUT2D eigenvalue weighted by molar-refractivity contribution is -0.446. The summed E-state index contributed by atoms with van der Waals surface area (Å²) in [6, 6.07) is 0. The minimum atomic E-state index is -1.86. The largest absolute Gasteiger partial charge is 0.375 e. The van der Waals surface area contributed by atoms with Crippen LogP contribution in [-0.2, 0) is 14.3 Å². The summed E-state index contributed by atoms with van der Waals surface area (Å²) in [5.41, 5.74) is -1.86. The summed E-state index contributed by atoms with van der Waals surface area (Å²) in [5, 5.41) is 20.7. The van der Waals surface area contributed by atoms with E-state index in [4.69, 9.17) is 9.47 Å². The van der Waals surface area contributed by atoms with Crippen molar-refractivity contribution in [1.29, 1.82) is 0 Å². The predicted molar refractivity (Wildman–Crippen MR) is 52.3 cm³/mol. The number of rotatable bonds is 1. The van der Waals surface area contributed by atoms with Crippen molar-refractivity contribution in [2.45, 2.75) is 56.4 Å². The van der Waals surface area contributed by atoms with Gasteiger partial charge in [-0.25, -0.2) is 0 Å². The smallest absolute Gasteiger partial charge is 0.207 e. The Labute approximate surface area is 93.3 Å². The lowest BCUT2D eigenvalue weighted by atomic mass is 9.65. The molecule has 0 aromatic carbocycles. The molecule has 90 valence electrons. The van der Waals surface area contributed by atoms with Gasteiger partial charge in [-0.1, -0.05) is 13.3 Å². The molecule has 4 rings (SSSR count). The first-order valence-electron chi connectivity index (χ1n) is 5.82. The summed E-state index contributed by atoms with van der Waals surface area (Å²) in [7, 11) is 0. The molecule has 4 fully saturated rings. The van der Waals surface area contributed by atoms with Crippen molar-refractivity contribution in [3.05, 3.63) is 0 Å². The fraction of sp³-hybridized carbons (Fsp3) is 0.909. The van der Waals surface area contributed by atoms with Crippen LogP contribution < -0.4 is 0 Å². The summed E-state index contributed by atoms with van der Waals surface area (Å²) in [4.78, 5) is 11.9. The van der Waals surface area contributed by atoms with E-state index in [9.17, 15) is 15.0 Å². The van der Waals surface area contributed by atoms with E-state index in [0.29, 0.717) is 12.8 Å². The van der Waals surface area contributed by atoms with Crippen molar-refractivity contribution in [3.63, 3.8) is 0 Å². The molecule has 0 amide bonds. The second kappa shape index (κ2) is 3.04. The van der Waals surface area contributed by atoms with Crippen molar-refractivity contribution in [2.75, 3.05) is 0 Å². The number of fused-ring (bicyclic) bond motifs is 1. The lowest BCUT2D eigenvalue weighted by Crippen LogP contribution is -2.79. The van der Waals surface area contributed by atoms with Crippen molar-refractivity contribution in [1.82, 2.24) is 0 Å². The van der Waals surface area contributed by atoms with Gasteiger partial charge in [0, 0.05) is 6.42 Å². The average Bonchev–Trinajstić information content (AvgIpc) is 2.21. The quantitative estimate of drug-likeness (QED) is 0.657. The monoisotopic (exact) mass is 228 g/mol. The fourth-order valence-electron chi connectivity index (χ4n) is 3.24. The zero-order valence-electron chi connectivity index (χ0n) is 9.18. The van der Waals surface area contributed by atoms with Gasteiger partial charge in [0.2, 0.25) is 11.4 Å². The SMILES string of the molecule is CC[C@@H]1CC[C@]2(O)O[C@H]3CC(=O)[C@]2(O)[C@@H]1O3. The number of carbonyl (C=O) groups is 1. The highest BCUT2D eigenvalue weighted by molar-refractivity contribution is 5.91. The van der Waals surface area contributed by atoms with E-state index in [1.165, 1.54) is 0 Å². The van der Waals surface area contributed by atoms with Crippen LogP contribution in [0.25, 0.3) is 0 Å². The van der Waals surface area contributed by atoms with Gasteiger partial charge >= 0.3 is 0 Å². The van der Waals surface area contributed by atoms with Gasteiger partial charge in [-0.15, -0.1) is 0 Å². The van der Waals surface area contributed by atoms with Crippen LogP contribution in [0.15, 0.2) is 0 Å². The molecule has 1 aliphatic carbocycles. The Morgan fingerprint density at radius 3 is 2.94 bits per heavy atom. The molecule has 0 unspecified atom stereocenters. The second-order valence-corrected chi connectivity index (χ2v) is 4.99. The van der Waals surface area contributed by atoms with Crippen LogP contribution in [0.5, 0.6) is 0 Å². The molecule has 4 bridgehead atoms. The standard InChI is InChI=1S/C11H16O5/c1-2-6-3-4-10(13)11(14)7(12)5-8(16-10)15-9(6)11/h6,8-9,13-14H,2-5H2,1H3/t6-,8+,9-,10+,11+/m1/s1. The highest BCUT2D eigenvalue weighted by Gasteiger charge is 2.72. The van der Waals surface area contributed by atoms with Gasteiger partial charge in [-0.05, 0) is 12.3 Å². The topological polar surface area (TPSA) is 76.0 Å². The first kappa shape index (κ1) is 10.7. The summed E-state index contributed by atoms with van der Waals surface area (Å²) in [6.07, 6.45) is 0.556. The van der Waals surface area contributed by atoms with E-state index in [1.807, 2.05) is 6.92 Å². The molecule has 0 spiro atoms. The molecular formula is C11H16O5. The van der Waals surface area contributed by atoms with Crippen LogP contribution in [0.1, 0.15) is 32.6 Å². The van der Waals surface area contributed by atoms with E-state index in [1.54, 1.807) is 0 Å². The van der Waals surface area contributed by atoms with Gasteiger partial charge in [0.25, 0.3) is 0 Å². The molecule has 1 saturated carbocycles. The van der Waals surface area contributed by atoms with Crippen LogP contribution in [0.2, 0.25) is 0 Å². The van der Waals surface area contributed by atoms with Crippen LogP contribution in [0.4, 0.5) is 0 Å². The number of ketones is 1. The molecule has 4 aliphatic rings. The predicted octanol–water partition coefficient (Wildman–Crippen LogP) is -0.0596. The maximum absolute atomic E-state index is 11.9. The van der Waals surface area contributed by atoms with Crippen molar-refractivity contribution >= 4 is 5.78 Å². The lowest BCUT2D eigenvalue weighted by Gasteiger charge is -2.60. The van der Waals surface area contributed by atoms with E-state index < -0.39 is 23.8 Å². The number of hydrogen-bond acceptors (Lipinski definition) is 5. The first-order chi connectivity index (χ1) is 7.51. The third kappa shape index (κ3) is 1.02. The molecule has 5 atom stereocenters. The first-order valence-corrected chi connectivity index (χ1v) is 5.82. The molecule has 3 saturated heterocycles. The Hall–Kier alpha value is -0.490. The normalized spacial score (nSPS) is 55.4. The number of ether oxygens (including phenoxy) is 2. The van der Waals surface area contributed by atoms with Gasteiger partial charge in [0.1, 0.15) is 6.10 Å². The van der Waals surface area contributed by atoms with Crippen molar-refractivity contribution in [3.8, 4) is 0 Å². The van der Waals surface area contributed by atoms with Gasteiger partial charge in [0.15, 0.2) is 12.1 Å². The third-order valence-corrected chi connectivity index (χ3v) is 4.22. The molecule has 3 aliphatic heterocycles. The van der Waals surface area contributed by atoms with E-state index in [2.05, 4.69) is 0 Å². The van der Waals surface area contributed by atoms with Gasteiger partial charge in [-0.3, -0.25) is 4.79 Å². The Morgan fingerprint density at radius 1 is 1.50 bits per heavy atom. The number of aliphatic hydroxyl groups is 2. The van der Waals surface area contributed by atoms with Crippen molar-refractivity contribution < 1.29 is 24.5 Å². The van der Waals surface area contributed by atoms with Crippen LogP contribution in [-0.4, -0.2) is 39.8 Å². The molecule has 5 nitrogen and oxygen atoms in total. The molecule has 16 heavy (non-hydrogen) atoms. The Balaban J connectivity index is 2.07. The van der Waals surface area contributed by atoms with Gasteiger partial charge < -0.3 is 19.7 Å². The zero-order chi connectivity index (χ0) is 11.6. The summed E-state index contributed by atoms with van der Waals surface area (Å²) in [5.74, 6) is -1.97. The van der Waals surface area contributed by atoms with E-state index >= 15 is 0 Å². The zero-order valence-corrected chi connectivity index (χ0v) is 9.18. The summed E-state index contributed by atoms with van der Waals surface area (Å²) in [6.45, 7) is 2.00. The van der Waals surface area contributed by atoms with Crippen LogP contribution in [0.3, 0.4) is 0 Å². The van der Waals surface area contributed by atoms with Crippen LogP contribution >= 0.6 is 0 Å². The minimum Gasteiger partial charge on any atom is -0.375 e. The Bertz CT molecular complexity index is 343. The highest BCUT2D eigenvalue weighted by Crippen LogP contribution is 2.52. The molecule has 0 aromatic heterocycles. The number of carbonyl (C=O) groups excluding carboxylic acids is 1. The van der Waals surface area contributed by atoms with E-state index in [-0.39, 0.29) is 18.1 Å². The number of hydrogen-bond donors (Lipinski definition) is 2. The molecule has 2 N–H and O–H groups in total. The maximum Gasteiger partial charge on any atom is 0.207 e. The van der Waals surface area contributed by atoms with Gasteiger partial charge in [-0.2, -0.15) is 0 Å². The molecular weight excluding hydrogens is 212 g/mol. The van der Waals surface area contributed by atoms with Crippen molar-refractivity contribution in [2.24, 2.45) is 5.92 Å². The minimum absolute atomic E-state index is 0.0335. The fourth-order valence-corrected chi connectivity index (χ4v) is 3.24. The summed E-state index contributed by atoms with van der Waals surface area (Å²) >= 11 is 0. The summed E-state index contributed by atoms with van der Waals surface area (Å²) < 4.78 is 10.8. The number of Topliss-reactive ketones (excluding diaryl/α,β-unsaturated/α-hetero) is 1. The molecule has 5 heteroatoms. The highest BCUT2D eigenvalue weighted by atomic mass is 16.8. The average molecular weight is 228 g/mol. The molecule has 0 aromatic rings. The maximum atomic E-state index is 11.9. The molecule has 0 radical (unpaired) electrons. The Morgan fingerprint density at radius 2 is 2.25 bits per heavy atom. The third-order valence-electron chi connectivity index (χ3n) is 4.22. The Kier molecular flexibility index (Phi) is 2.02. The molecule has 3 heterocycles. The van der Waals surface area contributed by atoms with E-state index in [0.717, 1.165) is 6.42 Å².